The third kappa shape index (κ3) is 8.42. The maximum absolute atomic E-state index is 11.9. The molecule has 0 bridgehead atoms. The first-order valence-corrected chi connectivity index (χ1v) is 7.79. The Balaban J connectivity index is 2.37. The van der Waals surface area contributed by atoms with Gasteiger partial charge in [0, 0.05) is 18.4 Å². The molecule has 22 heavy (non-hydrogen) atoms. The summed E-state index contributed by atoms with van der Waals surface area (Å²) < 4.78 is 60.8. The van der Waals surface area contributed by atoms with Gasteiger partial charge in [0.1, 0.15) is 6.54 Å². The highest BCUT2D eigenvalue weighted by Gasteiger charge is 2.27. The maximum atomic E-state index is 11.9. The van der Waals surface area contributed by atoms with E-state index in [1.165, 1.54) is 6.08 Å². The van der Waals surface area contributed by atoms with E-state index in [2.05, 4.69) is 4.72 Å². The van der Waals surface area contributed by atoms with Gasteiger partial charge >= 0.3 is 6.18 Å². The van der Waals surface area contributed by atoms with Gasteiger partial charge in [-0.2, -0.15) is 13.2 Å². The Labute approximate surface area is 126 Å². The lowest BCUT2D eigenvalue weighted by Crippen LogP contribution is -2.35. The molecule has 0 saturated heterocycles. The Morgan fingerprint density at radius 3 is 2.41 bits per heavy atom. The van der Waals surface area contributed by atoms with Crippen molar-refractivity contribution in [2.24, 2.45) is 0 Å². The van der Waals surface area contributed by atoms with Crippen LogP contribution >= 0.6 is 0 Å². The third-order valence-corrected chi connectivity index (χ3v) is 3.48. The fourth-order valence-electron chi connectivity index (χ4n) is 1.37. The van der Waals surface area contributed by atoms with Crippen molar-refractivity contribution in [3.05, 3.63) is 41.3 Å². The minimum atomic E-state index is -4.49. The van der Waals surface area contributed by atoms with Crippen LogP contribution in [0.25, 0.3) is 6.08 Å². The predicted molar refractivity (Wildman–Crippen MR) is 76.1 cm³/mol. The average Bonchev–Trinajstić information content (AvgIpc) is 2.43. The molecule has 0 unspecified atom stereocenters. The molecule has 0 atom stereocenters. The summed E-state index contributed by atoms with van der Waals surface area (Å²) in [5, 5.41) is 2.58. The van der Waals surface area contributed by atoms with E-state index in [9.17, 15) is 26.4 Å². The van der Waals surface area contributed by atoms with Gasteiger partial charge in [0.25, 0.3) is 0 Å². The first-order valence-electron chi connectivity index (χ1n) is 6.24. The molecule has 0 radical (unpaired) electrons. The lowest BCUT2D eigenvalue weighted by atomic mass is 10.2. The van der Waals surface area contributed by atoms with Gasteiger partial charge in [0.2, 0.25) is 15.9 Å². The van der Waals surface area contributed by atoms with Gasteiger partial charge < -0.3 is 5.32 Å². The van der Waals surface area contributed by atoms with Crippen molar-refractivity contribution in [2.45, 2.75) is 12.6 Å². The standard InChI is InChI=1S/C13H15F3N2O3S/c14-13(15,16)10-17-12(19)6-8-18-22(20,21)9-7-11-4-2-1-3-5-11/h1-5,7,9,18H,6,8,10H2,(H,17,19)/b9-7+. The zero-order valence-corrected chi connectivity index (χ0v) is 12.2. The van der Waals surface area contributed by atoms with Crippen LogP contribution in [0.3, 0.4) is 0 Å². The Kier molecular flexibility index (Phi) is 6.57. The number of hydrogen-bond donors (Lipinski definition) is 2. The molecule has 5 nitrogen and oxygen atoms in total. The Morgan fingerprint density at radius 1 is 1.18 bits per heavy atom. The monoisotopic (exact) mass is 336 g/mol. The highest BCUT2D eigenvalue weighted by atomic mass is 32.2. The third-order valence-electron chi connectivity index (χ3n) is 2.38. The summed E-state index contributed by atoms with van der Waals surface area (Å²) in [5.74, 6) is -0.882. The van der Waals surface area contributed by atoms with Crippen molar-refractivity contribution in [3.8, 4) is 0 Å². The molecule has 0 aromatic heterocycles. The molecule has 0 heterocycles. The summed E-state index contributed by atoms with van der Waals surface area (Å²) in [5.41, 5.74) is 0.677. The van der Waals surface area contributed by atoms with Gasteiger partial charge in [-0.05, 0) is 11.6 Å². The van der Waals surface area contributed by atoms with E-state index in [1.807, 2.05) is 0 Å². The fraction of sp³-hybridized carbons (Fsp3) is 0.308. The number of rotatable bonds is 7. The van der Waals surface area contributed by atoms with E-state index in [4.69, 9.17) is 0 Å². The Hall–Kier alpha value is -1.87. The van der Waals surface area contributed by atoms with Gasteiger partial charge in [-0.1, -0.05) is 30.3 Å². The molecular weight excluding hydrogens is 321 g/mol. The lowest BCUT2D eigenvalue weighted by Gasteiger charge is -2.08. The van der Waals surface area contributed by atoms with Crippen molar-refractivity contribution in [3.63, 3.8) is 0 Å². The second kappa shape index (κ2) is 7.95. The van der Waals surface area contributed by atoms with Gasteiger partial charge in [-0.25, -0.2) is 13.1 Å². The molecule has 0 aliphatic carbocycles. The zero-order chi connectivity index (χ0) is 16.6. The average molecular weight is 336 g/mol. The number of sulfonamides is 1. The van der Waals surface area contributed by atoms with Crippen LogP contribution in [-0.4, -0.2) is 33.6 Å². The van der Waals surface area contributed by atoms with Crippen LogP contribution in [0.4, 0.5) is 13.2 Å². The highest BCUT2D eigenvalue weighted by molar-refractivity contribution is 7.92. The molecule has 9 heteroatoms. The Morgan fingerprint density at radius 2 is 1.82 bits per heavy atom. The van der Waals surface area contributed by atoms with Gasteiger partial charge in [0.15, 0.2) is 0 Å². The van der Waals surface area contributed by atoms with Crippen LogP contribution in [0.2, 0.25) is 0 Å². The second-order valence-electron chi connectivity index (χ2n) is 4.29. The molecule has 1 aromatic rings. The first-order chi connectivity index (χ1) is 10.2. The number of carbonyl (C=O) groups excluding carboxylic acids is 1. The number of amides is 1. The fourth-order valence-corrected chi connectivity index (χ4v) is 2.19. The van der Waals surface area contributed by atoms with Gasteiger partial charge in [-0.3, -0.25) is 4.79 Å². The highest BCUT2D eigenvalue weighted by Crippen LogP contribution is 2.12. The summed E-state index contributed by atoms with van der Waals surface area (Å²) in [6.07, 6.45) is -3.51. The number of nitrogens with one attached hydrogen (secondary N) is 2. The van der Waals surface area contributed by atoms with E-state index in [-0.39, 0.29) is 13.0 Å². The quantitative estimate of drug-likeness (QED) is 0.795. The molecule has 0 spiro atoms. The van der Waals surface area contributed by atoms with E-state index < -0.39 is 28.7 Å². The predicted octanol–water partition coefficient (Wildman–Crippen LogP) is 1.65. The van der Waals surface area contributed by atoms with E-state index in [0.717, 1.165) is 5.41 Å². The van der Waals surface area contributed by atoms with Gasteiger partial charge in [-0.15, -0.1) is 0 Å². The molecule has 1 rings (SSSR count). The van der Waals surface area contributed by atoms with Crippen LogP contribution in [0.15, 0.2) is 35.7 Å². The molecule has 122 valence electrons. The molecule has 0 aliphatic rings. The van der Waals surface area contributed by atoms with E-state index in [1.54, 1.807) is 35.6 Å². The first kappa shape index (κ1) is 18.2. The van der Waals surface area contributed by atoms with Gasteiger partial charge in [0.05, 0.1) is 0 Å². The minimum Gasteiger partial charge on any atom is -0.347 e. The SMILES string of the molecule is O=C(CCNS(=O)(=O)/C=C/c1ccccc1)NCC(F)(F)F. The molecular formula is C13H15F3N2O3S. The van der Waals surface area contributed by atoms with Crippen molar-refractivity contribution in [1.82, 2.24) is 10.0 Å². The molecule has 2 N–H and O–H groups in total. The molecule has 0 fully saturated rings. The van der Waals surface area contributed by atoms with Crippen LogP contribution in [-0.2, 0) is 14.8 Å². The molecule has 1 aromatic carbocycles. The number of hydrogen-bond acceptors (Lipinski definition) is 3. The van der Waals surface area contributed by atoms with E-state index in [0.29, 0.717) is 5.56 Å². The summed E-state index contributed by atoms with van der Waals surface area (Å²) in [6, 6.07) is 8.67. The molecule has 1 amide bonds. The largest absolute Gasteiger partial charge is 0.405 e. The van der Waals surface area contributed by atoms with Crippen molar-refractivity contribution >= 4 is 22.0 Å². The van der Waals surface area contributed by atoms with Crippen molar-refractivity contribution < 1.29 is 26.4 Å². The smallest absolute Gasteiger partial charge is 0.347 e. The number of carbonyl (C=O) groups is 1. The molecule has 0 saturated carbocycles. The van der Waals surface area contributed by atoms with Crippen LogP contribution < -0.4 is 10.0 Å². The number of alkyl halides is 3. The zero-order valence-electron chi connectivity index (χ0n) is 11.4. The van der Waals surface area contributed by atoms with Crippen LogP contribution in [0, 0.1) is 0 Å². The summed E-state index contributed by atoms with van der Waals surface area (Å²) >= 11 is 0. The normalized spacial score (nSPS) is 12.5. The topological polar surface area (TPSA) is 75.3 Å². The lowest BCUT2D eigenvalue weighted by molar-refractivity contribution is -0.138. The van der Waals surface area contributed by atoms with Crippen LogP contribution in [0.5, 0.6) is 0 Å². The second-order valence-corrected chi connectivity index (χ2v) is 5.95. The molecule has 0 aliphatic heterocycles. The summed E-state index contributed by atoms with van der Waals surface area (Å²) in [7, 11) is -3.75. The summed E-state index contributed by atoms with van der Waals surface area (Å²) in [6.45, 7) is -1.72. The Bertz CT molecular complexity index is 613. The van der Waals surface area contributed by atoms with Crippen molar-refractivity contribution in [2.75, 3.05) is 13.1 Å². The van der Waals surface area contributed by atoms with Crippen LogP contribution in [0.1, 0.15) is 12.0 Å². The summed E-state index contributed by atoms with van der Waals surface area (Å²) in [4.78, 5) is 11.1. The van der Waals surface area contributed by atoms with Crippen molar-refractivity contribution in [1.29, 1.82) is 0 Å². The number of benzene rings is 1. The minimum absolute atomic E-state index is 0.287. The number of halogens is 3. The maximum Gasteiger partial charge on any atom is 0.405 e. The van der Waals surface area contributed by atoms with E-state index >= 15 is 0 Å².